The second kappa shape index (κ2) is 10.5. The summed E-state index contributed by atoms with van der Waals surface area (Å²) in [5.74, 6) is 6.85. The van der Waals surface area contributed by atoms with Gasteiger partial charge in [-0.05, 0) is 42.3 Å². The first kappa shape index (κ1) is 22.3. The van der Waals surface area contributed by atoms with Crippen LogP contribution in [0.2, 0.25) is 25.7 Å². The number of aryl methyl sites for hydroxylation is 1. The van der Waals surface area contributed by atoms with Gasteiger partial charge in [0.05, 0.1) is 12.2 Å². The molecular formula is C24H30O2SSi. The van der Waals surface area contributed by atoms with Crippen molar-refractivity contribution in [3.63, 3.8) is 0 Å². The molecule has 2 aromatic carbocycles. The summed E-state index contributed by atoms with van der Waals surface area (Å²) in [6.07, 6.45) is 0.787. The SMILES string of the molecule is CCC#Cc1ccc(C)c(C(=O)OCC[Si](C)(C)C)c1CSc1ccccc1. The van der Waals surface area contributed by atoms with Gasteiger partial charge in [0.25, 0.3) is 0 Å². The van der Waals surface area contributed by atoms with E-state index in [9.17, 15) is 4.79 Å². The molecule has 0 saturated carbocycles. The second-order valence-electron chi connectivity index (χ2n) is 7.99. The molecule has 28 heavy (non-hydrogen) atoms. The van der Waals surface area contributed by atoms with Crippen LogP contribution in [0.1, 0.15) is 40.4 Å². The van der Waals surface area contributed by atoms with Gasteiger partial charge < -0.3 is 4.74 Å². The van der Waals surface area contributed by atoms with Gasteiger partial charge in [-0.3, -0.25) is 0 Å². The van der Waals surface area contributed by atoms with E-state index in [1.807, 2.05) is 44.2 Å². The number of benzene rings is 2. The Morgan fingerprint density at radius 2 is 1.82 bits per heavy atom. The van der Waals surface area contributed by atoms with Gasteiger partial charge in [-0.25, -0.2) is 4.79 Å². The lowest BCUT2D eigenvalue weighted by Gasteiger charge is -2.17. The Hall–Kier alpha value is -1.96. The van der Waals surface area contributed by atoms with Gasteiger partial charge in [-0.15, -0.1) is 11.8 Å². The largest absolute Gasteiger partial charge is 0.462 e. The molecule has 0 saturated heterocycles. The first-order valence-corrected chi connectivity index (χ1v) is 14.5. The van der Waals surface area contributed by atoms with E-state index >= 15 is 0 Å². The van der Waals surface area contributed by atoms with Crippen molar-refractivity contribution < 1.29 is 9.53 Å². The molecule has 2 nitrogen and oxygen atoms in total. The van der Waals surface area contributed by atoms with Gasteiger partial charge in [-0.1, -0.05) is 62.7 Å². The molecule has 0 atom stereocenters. The summed E-state index contributed by atoms with van der Waals surface area (Å²) in [4.78, 5) is 14.1. The summed E-state index contributed by atoms with van der Waals surface area (Å²) < 4.78 is 5.68. The Bertz CT molecular complexity index is 858. The van der Waals surface area contributed by atoms with Crippen molar-refractivity contribution in [2.45, 2.75) is 56.6 Å². The predicted octanol–water partition coefficient (Wildman–Crippen LogP) is 6.54. The van der Waals surface area contributed by atoms with Gasteiger partial charge in [0.2, 0.25) is 0 Å². The molecule has 0 bridgehead atoms. The molecule has 0 spiro atoms. The third-order valence-electron chi connectivity index (χ3n) is 4.34. The monoisotopic (exact) mass is 410 g/mol. The highest BCUT2D eigenvalue weighted by Crippen LogP contribution is 2.29. The average molecular weight is 411 g/mol. The fourth-order valence-electron chi connectivity index (χ4n) is 2.69. The summed E-state index contributed by atoms with van der Waals surface area (Å²) >= 11 is 1.72. The van der Waals surface area contributed by atoms with E-state index < -0.39 is 8.07 Å². The van der Waals surface area contributed by atoms with Crippen molar-refractivity contribution in [2.24, 2.45) is 0 Å². The quantitative estimate of drug-likeness (QED) is 0.224. The molecule has 0 aliphatic heterocycles. The molecule has 0 fully saturated rings. The summed E-state index contributed by atoms with van der Waals surface area (Å²) in [7, 11) is -1.24. The molecule has 0 aliphatic carbocycles. The van der Waals surface area contributed by atoms with Gasteiger partial charge in [0.1, 0.15) is 0 Å². The molecule has 0 radical (unpaired) electrons. The molecular weight excluding hydrogens is 380 g/mol. The number of hydrogen-bond acceptors (Lipinski definition) is 3. The minimum atomic E-state index is -1.24. The molecule has 0 aliphatic rings. The van der Waals surface area contributed by atoms with Crippen LogP contribution in [-0.4, -0.2) is 20.7 Å². The highest BCUT2D eigenvalue weighted by molar-refractivity contribution is 7.98. The smallest absolute Gasteiger partial charge is 0.338 e. The molecule has 0 heterocycles. The maximum atomic E-state index is 12.9. The highest BCUT2D eigenvalue weighted by Gasteiger charge is 2.20. The first-order chi connectivity index (χ1) is 13.3. The predicted molar refractivity (Wildman–Crippen MR) is 123 cm³/mol. The van der Waals surface area contributed by atoms with E-state index in [4.69, 9.17) is 4.74 Å². The first-order valence-electron chi connectivity index (χ1n) is 9.78. The summed E-state index contributed by atoms with van der Waals surface area (Å²) in [6, 6.07) is 15.2. The number of carbonyl (C=O) groups excluding carboxylic acids is 1. The number of esters is 1. The number of ether oxygens (including phenoxy) is 1. The molecule has 0 unspecified atom stereocenters. The topological polar surface area (TPSA) is 26.3 Å². The molecule has 4 heteroatoms. The fourth-order valence-corrected chi connectivity index (χ4v) is 4.37. The van der Waals surface area contributed by atoms with Crippen LogP contribution >= 0.6 is 11.8 Å². The third kappa shape index (κ3) is 6.89. The van der Waals surface area contributed by atoms with E-state index in [-0.39, 0.29) is 5.97 Å². The van der Waals surface area contributed by atoms with Crippen molar-refractivity contribution in [1.82, 2.24) is 0 Å². The Morgan fingerprint density at radius 3 is 2.46 bits per heavy atom. The zero-order valence-electron chi connectivity index (χ0n) is 17.6. The lowest BCUT2D eigenvalue weighted by molar-refractivity contribution is 0.0523. The third-order valence-corrected chi connectivity index (χ3v) is 7.08. The van der Waals surface area contributed by atoms with Crippen LogP contribution in [0, 0.1) is 18.8 Å². The Balaban J connectivity index is 2.32. The van der Waals surface area contributed by atoms with Crippen LogP contribution < -0.4 is 0 Å². The van der Waals surface area contributed by atoms with Gasteiger partial charge in [-0.2, -0.15) is 0 Å². The normalized spacial score (nSPS) is 10.9. The minimum Gasteiger partial charge on any atom is -0.462 e. The summed E-state index contributed by atoms with van der Waals surface area (Å²) in [5, 5.41) is 0. The minimum absolute atomic E-state index is 0.223. The summed E-state index contributed by atoms with van der Waals surface area (Å²) in [6.45, 7) is 11.4. The zero-order valence-corrected chi connectivity index (χ0v) is 19.4. The van der Waals surface area contributed by atoms with Crippen LogP contribution in [0.25, 0.3) is 0 Å². The number of hydrogen-bond donors (Lipinski definition) is 0. The second-order valence-corrected chi connectivity index (χ2v) is 14.7. The van der Waals surface area contributed by atoms with Crippen molar-refractivity contribution in [3.05, 3.63) is 64.7 Å². The van der Waals surface area contributed by atoms with Crippen molar-refractivity contribution in [1.29, 1.82) is 0 Å². The standard InChI is InChI=1S/C24H30O2SSi/c1-6-7-11-20-15-14-19(2)23(24(25)26-16-17-28(3,4)5)22(20)18-27-21-12-9-8-10-13-21/h8-10,12-15H,6,16-18H2,1-5H3. The lowest BCUT2D eigenvalue weighted by Crippen LogP contribution is -2.23. The van der Waals surface area contributed by atoms with Crippen molar-refractivity contribution in [2.75, 3.05) is 6.61 Å². The van der Waals surface area contributed by atoms with Crippen LogP contribution in [0.3, 0.4) is 0 Å². The molecule has 148 valence electrons. The average Bonchev–Trinajstić information content (AvgIpc) is 2.65. The summed E-state index contributed by atoms with van der Waals surface area (Å²) in [5.41, 5.74) is 3.53. The van der Waals surface area contributed by atoms with Crippen molar-refractivity contribution in [3.8, 4) is 11.8 Å². The van der Waals surface area contributed by atoms with Gasteiger partial charge >= 0.3 is 5.97 Å². The van der Waals surface area contributed by atoms with Crippen LogP contribution in [0.4, 0.5) is 0 Å². The van der Waals surface area contributed by atoms with E-state index in [1.165, 1.54) is 4.90 Å². The molecule has 0 N–H and O–H groups in total. The Kier molecular flexibility index (Phi) is 8.41. The Labute approximate surface area is 175 Å². The number of thioether (sulfide) groups is 1. The lowest BCUT2D eigenvalue weighted by atomic mass is 9.97. The zero-order chi connectivity index (χ0) is 20.6. The van der Waals surface area contributed by atoms with Gasteiger partial charge in [0, 0.05) is 30.7 Å². The van der Waals surface area contributed by atoms with Crippen LogP contribution in [-0.2, 0) is 10.5 Å². The molecule has 2 rings (SSSR count). The van der Waals surface area contributed by atoms with Crippen LogP contribution in [0.5, 0.6) is 0 Å². The number of rotatable bonds is 7. The molecule has 2 aromatic rings. The highest BCUT2D eigenvalue weighted by atomic mass is 32.2. The maximum Gasteiger partial charge on any atom is 0.338 e. The number of carbonyl (C=O) groups is 1. The Morgan fingerprint density at radius 1 is 1.11 bits per heavy atom. The van der Waals surface area contributed by atoms with E-state index in [0.29, 0.717) is 17.9 Å². The maximum absolute atomic E-state index is 12.9. The molecule has 0 amide bonds. The molecule has 0 aromatic heterocycles. The van der Waals surface area contributed by atoms with Crippen molar-refractivity contribution >= 4 is 25.8 Å². The van der Waals surface area contributed by atoms with E-state index in [0.717, 1.165) is 29.2 Å². The van der Waals surface area contributed by atoms with Gasteiger partial charge in [0.15, 0.2) is 0 Å². The van der Waals surface area contributed by atoms with E-state index in [1.54, 1.807) is 11.8 Å². The fraction of sp³-hybridized carbons (Fsp3) is 0.375. The van der Waals surface area contributed by atoms with E-state index in [2.05, 4.69) is 43.6 Å². The van der Waals surface area contributed by atoms with Crippen LogP contribution in [0.15, 0.2) is 47.4 Å².